The van der Waals surface area contributed by atoms with Gasteiger partial charge in [0.05, 0.1) is 6.61 Å². The van der Waals surface area contributed by atoms with E-state index in [9.17, 15) is 4.79 Å². The smallest absolute Gasteiger partial charge is 0.333 e. The van der Waals surface area contributed by atoms with Crippen molar-refractivity contribution in [3.63, 3.8) is 0 Å². The SMILES string of the molecule is C=C(C)C(=O)OC[C@H](O)COC. The molecule has 0 aliphatic heterocycles. The van der Waals surface area contributed by atoms with Crippen molar-refractivity contribution in [1.29, 1.82) is 0 Å². The van der Waals surface area contributed by atoms with Crippen LogP contribution in [0, 0.1) is 0 Å². The highest BCUT2D eigenvalue weighted by molar-refractivity contribution is 5.86. The van der Waals surface area contributed by atoms with Gasteiger partial charge >= 0.3 is 5.97 Å². The molecule has 0 unspecified atom stereocenters. The first-order valence-electron chi connectivity index (χ1n) is 3.57. The van der Waals surface area contributed by atoms with E-state index in [4.69, 9.17) is 5.11 Å². The van der Waals surface area contributed by atoms with Crippen LogP contribution in [0.25, 0.3) is 0 Å². The summed E-state index contributed by atoms with van der Waals surface area (Å²) in [6.45, 7) is 5.04. The number of ether oxygens (including phenoxy) is 2. The standard InChI is InChI=1S/C8H14O4/c1-6(2)8(10)12-5-7(9)4-11-3/h7,9H,1,4-5H2,2-3H3/t7-/m1/s1. The number of carbonyl (C=O) groups excluding carboxylic acids is 1. The largest absolute Gasteiger partial charge is 0.460 e. The summed E-state index contributed by atoms with van der Waals surface area (Å²) >= 11 is 0. The maximum Gasteiger partial charge on any atom is 0.333 e. The van der Waals surface area contributed by atoms with E-state index in [1.807, 2.05) is 0 Å². The second-order valence-electron chi connectivity index (χ2n) is 2.49. The van der Waals surface area contributed by atoms with Crippen molar-refractivity contribution in [3.05, 3.63) is 12.2 Å². The summed E-state index contributed by atoms with van der Waals surface area (Å²) in [6.07, 6.45) is -0.765. The van der Waals surface area contributed by atoms with Gasteiger partial charge in [-0.1, -0.05) is 6.58 Å². The van der Waals surface area contributed by atoms with Crippen molar-refractivity contribution < 1.29 is 19.4 Å². The van der Waals surface area contributed by atoms with Crippen LogP contribution >= 0.6 is 0 Å². The lowest BCUT2D eigenvalue weighted by Gasteiger charge is -2.09. The van der Waals surface area contributed by atoms with E-state index in [0.717, 1.165) is 0 Å². The molecule has 0 radical (unpaired) electrons. The molecule has 0 aromatic carbocycles. The molecule has 0 aromatic rings. The summed E-state index contributed by atoms with van der Waals surface area (Å²) in [7, 11) is 1.46. The quantitative estimate of drug-likeness (QED) is 0.475. The van der Waals surface area contributed by atoms with Crippen LogP contribution in [0.4, 0.5) is 0 Å². The molecule has 0 bridgehead atoms. The summed E-state index contributed by atoms with van der Waals surface area (Å²) in [6, 6.07) is 0. The van der Waals surface area contributed by atoms with Gasteiger partial charge in [-0.15, -0.1) is 0 Å². The minimum absolute atomic E-state index is 0.0560. The van der Waals surface area contributed by atoms with Crippen molar-refractivity contribution in [1.82, 2.24) is 0 Å². The third kappa shape index (κ3) is 4.87. The number of carbonyl (C=O) groups is 1. The number of rotatable bonds is 5. The molecule has 0 saturated heterocycles. The summed E-state index contributed by atoms with van der Waals surface area (Å²) in [5, 5.41) is 9.05. The highest BCUT2D eigenvalue weighted by Crippen LogP contribution is 1.94. The van der Waals surface area contributed by atoms with Crippen LogP contribution in [-0.4, -0.2) is 37.5 Å². The molecule has 0 spiro atoms. The average molecular weight is 174 g/mol. The summed E-state index contributed by atoms with van der Waals surface area (Å²) in [5.74, 6) is -0.495. The Hall–Kier alpha value is -0.870. The van der Waals surface area contributed by atoms with Gasteiger partial charge in [-0.3, -0.25) is 0 Å². The minimum atomic E-state index is -0.765. The fraction of sp³-hybridized carbons (Fsp3) is 0.625. The molecule has 0 amide bonds. The van der Waals surface area contributed by atoms with Crippen LogP contribution < -0.4 is 0 Å². The number of hydrogen-bond donors (Lipinski definition) is 1. The van der Waals surface area contributed by atoms with E-state index in [0.29, 0.717) is 5.57 Å². The predicted octanol–water partition coefficient (Wildman–Crippen LogP) is 0.113. The third-order valence-electron chi connectivity index (χ3n) is 1.11. The van der Waals surface area contributed by atoms with Crippen LogP contribution in [0.5, 0.6) is 0 Å². The zero-order valence-electron chi connectivity index (χ0n) is 7.37. The first-order valence-corrected chi connectivity index (χ1v) is 3.57. The van der Waals surface area contributed by atoms with Gasteiger partial charge in [0.2, 0.25) is 0 Å². The van der Waals surface area contributed by atoms with Crippen molar-refractivity contribution in [2.24, 2.45) is 0 Å². The van der Waals surface area contributed by atoms with E-state index in [1.54, 1.807) is 6.92 Å². The highest BCUT2D eigenvalue weighted by atomic mass is 16.5. The summed E-state index contributed by atoms with van der Waals surface area (Å²) < 4.78 is 9.28. The monoisotopic (exact) mass is 174 g/mol. The minimum Gasteiger partial charge on any atom is -0.460 e. The zero-order chi connectivity index (χ0) is 9.56. The lowest BCUT2D eigenvalue weighted by atomic mass is 10.3. The van der Waals surface area contributed by atoms with E-state index < -0.39 is 12.1 Å². The van der Waals surface area contributed by atoms with Crippen molar-refractivity contribution in [2.45, 2.75) is 13.0 Å². The molecule has 12 heavy (non-hydrogen) atoms. The summed E-state index contributed by atoms with van der Waals surface area (Å²) in [4.78, 5) is 10.8. The molecule has 0 rings (SSSR count). The Morgan fingerprint density at radius 1 is 1.58 bits per heavy atom. The second kappa shape index (κ2) is 5.74. The fourth-order valence-corrected chi connectivity index (χ4v) is 0.536. The Morgan fingerprint density at radius 2 is 2.17 bits per heavy atom. The molecule has 0 saturated carbocycles. The van der Waals surface area contributed by atoms with Gasteiger partial charge in [0, 0.05) is 12.7 Å². The van der Waals surface area contributed by atoms with E-state index in [2.05, 4.69) is 16.1 Å². The molecule has 0 aliphatic carbocycles. The van der Waals surface area contributed by atoms with E-state index in [-0.39, 0.29) is 13.2 Å². The van der Waals surface area contributed by atoms with Gasteiger partial charge in [0.15, 0.2) is 0 Å². The maximum absolute atomic E-state index is 10.8. The van der Waals surface area contributed by atoms with Crippen LogP contribution in [0.15, 0.2) is 12.2 Å². The maximum atomic E-state index is 10.8. The second-order valence-corrected chi connectivity index (χ2v) is 2.49. The summed E-state index contributed by atoms with van der Waals surface area (Å²) in [5.41, 5.74) is 0.319. The highest BCUT2D eigenvalue weighted by Gasteiger charge is 2.08. The van der Waals surface area contributed by atoms with E-state index in [1.165, 1.54) is 7.11 Å². The number of aliphatic hydroxyl groups excluding tert-OH is 1. The Balaban J connectivity index is 3.54. The number of esters is 1. The molecule has 4 heteroatoms. The lowest BCUT2D eigenvalue weighted by molar-refractivity contribution is -0.142. The molecular formula is C8H14O4. The molecule has 0 fully saturated rings. The Morgan fingerprint density at radius 3 is 2.58 bits per heavy atom. The van der Waals surface area contributed by atoms with Crippen molar-refractivity contribution in [2.75, 3.05) is 20.3 Å². The van der Waals surface area contributed by atoms with Gasteiger partial charge in [-0.2, -0.15) is 0 Å². The first kappa shape index (κ1) is 11.1. The third-order valence-corrected chi connectivity index (χ3v) is 1.11. The zero-order valence-corrected chi connectivity index (χ0v) is 7.37. The lowest BCUT2D eigenvalue weighted by Crippen LogP contribution is -2.23. The van der Waals surface area contributed by atoms with Crippen molar-refractivity contribution in [3.8, 4) is 0 Å². The Labute approximate surface area is 71.8 Å². The normalized spacial score (nSPS) is 12.2. The van der Waals surface area contributed by atoms with Crippen LogP contribution in [0.1, 0.15) is 6.92 Å². The molecule has 0 heterocycles. The molecule has 0 aromatic heterocycles. The molecule has 70 valence electrons. The van der Waals surface area contributed by atoms with Gasteiger partial charge in [0.1, 0.15) is 12.7 Å². The molecule has 1 N–H and O–H groups in total. The van der Waals surface area contributed by atoms with Gasteiger partial charge < -0.3 is 14.6 Å². The number of methoxy groups -OCH3 is 1. The van der Waals surface area contributed by atoms with Crippen molar-refractivity contribution >= 4 is 5.97 Å². The molecule has 4 nitrogen and oxygen atoms in total. The fourth-order valence-electron chi connectivity index (χ4n) is 0.536. The van der Waals surface area contributed by atoms with Gasteiger partial charge in [-0.25, -0.2) is 4.79 Å². The topological polar surface area (TPSA) is 55.8 Å². The molecule has 0 aliphatic rings. The Kier molecular flexibility index (Phi) is 5.32. The van der Waals surface area contributed by atoms with E-state index >= 15 is 0 Å². The Bertz CT molecular complexity index is 164. The predicted molar refractivity (Wildman–Crippen MR) is 43.7 cm³/mol. The average Bonchev–Trinajstić information content (AvgIpc) is 2.00. The van der Waals surface area contributed by atoms with Gasteiger partial charge in [-0.05, 0) is 6.92 Å². The first-order chi connectivity index (χ1) is 5.57. The van der Waals surface area contributed by atoms with Gasteiger partial charge in [0.25, 0.3) is 0 Å². The number of hydrogen-bond acceptors (Lipinski definition) is 4. The molecular weight excluding hydrogens is 160 g/mol. The van der Waals surface area contributed by atoms with Crippen LogP contribution in [0.3, 0.4) is 0 Å². The molecule has 1 atom stereocenters. The van der Waals surface area contributed by atoms with Crippen LogP contribution in [-0.2, 0) is 14.3 Å². The number of aliphatic hydroxyl groups is 1. The van der Waals surface area contributed by atoms with Crippen LogP contribution in [0.2, 0.25) is 0 Å².